The van der Waals surface area contributed by atoms with Crippen molar-refractivity contribution in [3.63, 3.8) is 0 Å². The Bertz CT molecular complexity index is 564. The van der Waals surface area contributed by atoms with Crippen LogP contribution in [0.4, 0.5) is 5.82 Å². The number of imidazole rings is 1. The van der Waals surface area contributed by atoms with Crippen LogP contribution in [0.1, 0.15) is 5.56 Å². The maximum Gasteiger partial charge on any atom is 0.278 e. The molecule has 0 aliphatic carbocycles. The van der Waals surface area contributed by atoms with Crippen molar-refractivity contribution in [1.29, 1.82) is 0 Å². The highest BCUT2D eigenvalue weighted by atomic mass is 16.1. The van der Waals surface area contributed by atoms with Gasteiger partial charge in [0.1, 0.15) is 16.9 Å². The second-order valence-electron chi connectivity index (χ2n) is 3.43. The highest BCUT2D eigenvalue weighted by molar-refractivity contribution is 5.81. The third kappa shape index (κ3) is 0.891. The van der Waals surface area contributed by atoms with Gasteiger partial charge in [0.25, 0.3) is 5.56 Å². The van der Waals surface area contributed by atoms with Crippen LogP contribution in [0.2, 0.25) is 0 Å². The first-order chi connectivity index (χ1) is 6.54. The van der Waals surface area contributed by atoms with Gasteiger partial charge in [0.05, 0.1) is 6.33 Å². The molecule has 0 saturated carbocycles. The average molecular weight is 192 g/mol. The molecular formula is C9H12N4O. The van der Waals surface area contributed by atoms with Crippen molar-refractivity contribution in [2.75, 3.05) is 5.73 Å². The van der Waals surface area contributed by atoms with Gasteiger partial charge in [-0.2, -0.15) is 0 Å². The van der Waals surface area contributed by atoms with Crippen LogP contribution in [0.3, 0.4) is 0 Å². The molecule has 0 bridgehead atoms. The Balaban J connectivity index is 3.14. The molecule has 0 spiro atoms. The van der Waals surface area contributed by atoms with Gasteiger partial charge in [0, 0.05) is 19.7 Å². The number of nitrogens with zero attached hydrogens (tertiary/aromatic N) is 3. The van der Waals surface area contributed by atoms with E-state index in [2.05, 4.69) is 4.98 Å². The van der Waals surface area contributed by atoms with Gasteiger partial charge in [-0.15, -0.1) is 0 Å². The lowest BCUT2D eigenvalue weighted by Gasteiger charge is -2.07. The van der Waals surface area contributed by atoms with Crippen molar-refractivity contribution < 1.29 is 0 Å². The first kappa shape index (κ1) is 8.80. The average Bonchev–Trinajstić information content (AvgIpc) is 2.54. The Morgan fingerprint density at radius 1 is 1.43 bits per heavy atom. The van der Waals surface area contributed by atoms with Gasteiger partial charge >= 0.3 is 0 Å². The van der Waals surface area contributed by atoms with Crippen LogP contribution in [-0.4, -0.2) is 14.1 Å². The van der Waals surface area contributed by atoms with Crippen molar-refractivity contribution in [1.82, 2.24) is 14.1 Å². The summed E-state index contributed by atoms with van der Waals surface area (Å²) in [6.07, 6.45) is 1.62. The second-order valence-corrected chi connectivity index (χ2v) is 3.43. The van der Waals surface area contributed by atoms with Gasteiger partial charge in [0.15, 0.2) is 0 Å². The topological polar surface area (TPSA) is 65.8 Å². The summed E-state index contributed by atoms with van der Waals surface area (Å²) >= 11 is 0. The van der Waals surface area contributed by atoms with E-state index < -0.39 is 0 Å². The fraction of sp³-hybridized carbons (Fsp3) is 0.333. The summed E-state index contributed by atoms with van der Waals surface area (Å²) in [7, 11) is 3.46. The molecule has 0 atom stereocenters. The maximum atomic E-state index is 11.8. The van der Waals surface area contributed by atoms with Gasteiger partial charge in [0.2, 0.25) is 0 Å². The fourth-order valence-electron chi connectivity index (χ4n) is 1.60. The molecule has 14 heavy (non-hydrogen) atoms. The molecule has 0 radical (unpaired) electrons. The SMILES string of the molecule is Cc1c(N)n(C)c(=O)c2c1ncn2C. The van der Waals surface area contributed by atoms with E-state index >= 15 is 0 Å². The van der Waals surface area contributed by atoms with Crippen LogP contribution in [0.15, 0.2) is 11.1 Å². The number of anilines is 1. The standard InChI is InChI=1S/C9H12N4O/c1-5-6-7(12(2)4-11-6)9(14)13(3)8(5)10/h4H,10H2,1-3H3. The molecule has 2 aromatic rings. The number of aromatic nitrogens is 3. The highest BCUT2D eigenvalue weighted by Gasteiger charge is 2.12. The Labute approximate surface area is 80.8 Å². The van der Waals surface area contributed by atoms with E-state index in [1.54, 1.807) is 25.0 Å². The smallest absolute Gasteiger partial charge is 0.278 e. The van der Waals surface area contributed by atoms with Gasteiger partial charge in [-0.3, -0.25) is 9.36 Å². The molecule has 5 nitrogen and oxygen atoms in total. The monoisotopic (exact) mass is 192 g/mol. The van der Waals surface area contributed by atoms with Crippen LogP contribution in [0.25, 0.3) is 11.0 Å². The molecule has 0 aliphatic heterocycles. The Morgan fingerprint density at radius 2 is 2.07 bits per heavy atom. The van der Waals surface area contributed by atoms with Crippen LogP contribution in [0, 0.1) is 6.92 Å². The van der Waals surface area contributed by atoms with Crippen molar-refractivity contribution in [2.45, 2.75) is 6.92 Å². The van der Waals surface area contributed by atoms with E-state index in [-0.39, 0.29) is 5.56 Å². The number of rotatable bonds is 0. The zero-order chi connectivity index (χ0) is 10.5. The van der Waals surface area contributed by atoms with Gasteiger partial charge in [-0.25, -0.2) is 4.98 Å². The highest BCUT2D eigenvalue weighted by Crippen LogP contribution is 2.17. The zero-order valence-corrected chi connectivity index (χ0v) is 8.40. The summed E-state index contributed by atoms with van der Waals surface area (Å²) in [5.41, 5.74) is 7.80. The minimum absolute atomic E-state index is 0.108. The Kier molecular flexibility index (Phi) is 1.64. The Hall–Kier alpha value is -1.78. The molecule has 0 fully saturated rings. The van der Waals surface area contributed by atoms with Crippen molar-refractivity contribution in [3.05, 3.63) is 22.2 Å². The van der Waals surface area contributed by atoms with Crippen molar-refractivity contribution >= 4 is 16.9 Å². The molecule has 2 aromatic heterocycles. The predicted octanol–water partition coefficient (Wildman–Crippen LogP) is 0.163. The van der Waals surface area contributed by atoms with Crippen LogP contribution in [0.5, 0.6) is 0 Å². The molecule has 0 amide bonds. The van der Waals surface area contributed by atoms with E-state index in [9.17, 15) is 4.79 Å². The molecule has 2 heterocycles. The van der Waals surface area contributed by atoms with E-state index in [1.165, 1.54) is 4.57 Å². The number of nitrogen functional groups attached to an aromatic ring is 1. The van der Waals surface area contributed by atoms with E-state index in [4.69, 9.17) is 5.73 Å². The molecule has 0 aliphatic rings. The molecule has 0 aromatic carbocycles. The summed E-state index contributed by atoms with van der Waals surface area (Å²) in [6, 6.07) is 0. The van der Waals surface area contributed by atoms with Gasteiger partial charge in [-0.05, 0) is 6.92 Å². The number of fused-ring (bicyclic) bond motifs is 1. The number of nitrogens with two attached hydrogens (primary N) is 1. The number of pyridine rings is 1. The second kappa shape index (κ2) is 2.60. The van der Waals surface area contributed by atoms with Crippen LogP contribution >= 0.6 is 0 Å². The zero-order valence-electron chi connectivity index (χ0n) is 8.40. The summed E-state index contributed by atoms with van der Waals surface area (Å²) in [5.74, 6) is 0.473. The fourth-order valence-corrected chi connectivity index (χ4v) is 1.60. The van der Waals surface area contributed by atoms with Gasteiger partial charge < -0.3 is 10.3 Å². The lowest BCUT2D eigenvalue weighted by molar-refractivity contribution is 0.859. The minimum atomic E-state index is -0.108. The first-order valence-corrected chi connectivity index (χ1v) is 4.30. The van der Waals surface area contributed by atoms with E-state index in [1.807, 2.05) is 6.92 Å². The lowest BCUT2D eigenvalue weighted by Crippen LogP contribution is -2.22. The van der Waals surface area contributed by atoms with Gasteiger partial charge in [-0.1, -0.05) is 0 Å². The quantitative estimate of drug-likeness (QED) is 0.646. The Morgan fingerprint density at radius 3 is 2.71 bits per heavy atom. The molecular weight excluding hydrogens is 180 g/mol. The van der Waals surface area contributed by atoms with Crippen LogP contribution in [-0.2, 0) is 14.1 Å². The lowest BCUT2D eigenvalue weighted by atomic mass is 10.2. The first-order valence-electron chi connectivity index (χ1n) is 4.30. The third-order valence-corrected chi connectivity index (χ3v) is 2.55. The van der Waals surface area contributed by atoms with Crippen LogP contribution < -0.4 is 11.3 Å². The van der Waals surface area contributed by atoms with E-state index in [0.717, 1.165) is 5.56 Å². The molecule has 0 saturated heterocycles. The normalized spacial score (nSPS) is 11.1. The summed E-state index contributed by atoms with van der Waals surface area (Å²) < 4.78 is 3.16. The number of aryl methyl sites for hydroxylation is 2. The number of hydrogen-bond donors (Lipinski definition) is 1. The summed E-state index contributed by atoms with van der Waals surface area (Å²) in [4.78, 5) is 16.0. The molecule has 2 N–H and O–H groups in total. The molecule has 5 heteroatoms. The van der Waals surface area contributed by atoms with Crippen molar-refractivity contribution in [3.8, 4) is 0 Å². The third-order valence-electron chi connectivity index (χ3n) is 2.55. The largest absolute Gasteiger partial charge is 0.385 e. The van der Waals surface area contributed by atoms with Crippen molar-refractivity contribution in [2.24, 2.45) is 14.1 Å². The minimum Gasteiger partial charge on any atom is -0.385 e. The summed E-state index contributed by atoms with van der Waals surface area (Å²) in [6.45, 7) is 1.87. The predicted molar refractivity (Wildman–Crippen MR) is 55.1 cm³/mol. The summed E-state index contributed by atoms with van der Waals surface area (Å²) in [5, 5.41) is 0. The number of hydrogen-bond acceptors (Lipinski definition) is 3. The molecule has 74 valence electrons. The van der Waals surface area contributed by atoms with E-state index in [0.29, 0.717) is 16.9 Å². The molecule has 2 rings (SSSR count). The maximum absolute atomic E-state index is 11.8. The molecule has 0 unspecified atom stereocenters.